The van der Waals surface area contributed by atoms with E-state index in [1.54, 1.807) is 0 Å². The van der Waals surface area contributed by atoms with Crippen LogP contribution in [0, 0.1) is 6.92 Å². The Balaban J connectivity index is 1.65. The Morgan fingerprint density at radius 2 is 2.04 bits per heavy atom. The van der Waals surface area contributed by atoms with Crippen LogP contribution in [0.1, 0.15) is 16.3 Å². The number of rotatable bonds is 5. The van der Waals surface area contributed by atoms with Crippen LogP contribution < -0.4 is 11.1 Å². The van der Waals surface area contributed by atoms with Crippen molar-refractivity contribution >= 4 is 33.7 Å². The van der Waals surface area contributed by atoms with Crippen molar-refractivity contribution in [1.29, 1.82) is 0 Å². The molecule has 1 amide bonds. The van der Waals surface area contributed by atoms with Gasteiger partial charge in [0, 0.05) is 17.5 Å². The maximum absolute atomic E-state index is 12.0. The van der Waals surface area contributed by atoms with Crippen molar-refractivity contribution in [2.24, 2.45) is 5.73 Å². The third-order valence-electron chi connectivity index (χ3n) is 3.10. The fourth-order valence-corrected chi connectivity index (χ4v) is 3.41. The summed E-state index contributed by atoms with van der Waals surface area (Å²) in [5.41, 5.74) is 8.45. The van der Waals surface area contributed by atoms with Crippen molar-refractivity contribution in [3.63, 3.8) is 0 Å². The molecule has 1 aromatic carbocycles. The number of aromatic nitrogens is 3. The molecule has 23 heavy (non-hydrogen) atoms. The topological polar surface area (TPSA) is 93.8 Å². The van der Waals surface area contributed by atoms with Gasteiger partial charge in [0.15, 0.2) is 0 Å². The zero-order chi connectivity index (χ0) is 16.2. The van der Waals surface area contributed by atoms with Crippen LogP contribution in [0.5, 0.6) is 0 Å². The van der Waals surface area contributed by atoms with Crippen LogP contribution >= 0.6 is 22.7 Å². The maximum atomic E-state index is 12.0. The van der Waals surface area contributed by atoms with Crippen LogP contribution in [-0.4, -0.2) is 21.1 Å². The Hall–Kier alpha value is -2.16. The lowest BCUT2D eigenvalue weighted by Gasteiger charge is -1.99. The van der Waals surface area contributed by atoms with Gasteiger partial charge in [-0.25, -0.2) is 4.98 Å². The largest absolute Gasteiger partial charge is 0.326 e. The Kier molecular flexibility index (Phi) is 4.75. The minimum Gasteiger partial charge on any atom is -0.326 e. The zero-order valence-electron chi connectivity index (χ0n) is 12.4. The SMILES string of the molecule is Cc1nnc(NC(=O)Cc2csc(-c3ccc(CN)cc3)n2)s1. The Morgan fingerprint density at radius 1 is 1.26 bits per heavy atom. The van der Waals surface area contributed by atoms with Gasteiger partial charge in [-0.05, 0) is 12.5 Å². The molecular weight excluding hydrogens is 330 g/mol. The molecular formula is C15H15N5OS2. The molecule has 3 N–H and O–H groups in total. The van der Waals surface area contributed by atoms with Crippen molar-refractivity contribution in [2.75, 3.05) is 5.32 Å². The molecule has 0 aliphatic rings. The number of thiazole rings is 1. The van der Waals surface area contributed by atoms with Crippen LogP contribution in [0.25, 0.3) is 10.6 Å². The Bertz CT molecular complexity index is 809. The first-order chi connectivity index (χ1) is 11.1. The summed E-state index contributed by atoms with van der Waals surface area (Å²) in [6.45, 7) is 2.37. The van der Waals surface area contributed by atoms with Gasteiger partial charge in [-0.1, -0.05) is 35.6 Å². The number of anilines is 1. The first kappa shape index (κ1) is 15.7. The van der Waals surface area contributed by atoms with E-state index in [1.165, 1.54) is 22.7 Å². The summed E-state index contributed by atoms with van der Waals surface area (Å²) < 4.78 is 0. The average molecular weight is 345 g/mol. The van der Waals surface area contributed by atoms with Gasteiger partial charge in [0.1, 0.15) is 10.0 Å². The molecule has 0 unspecified atom stereocenters. The first-order valence-electron chi connectivity index (χ1n) is 6.98. The second-order valence-electron chi connectivity index (χ2n) is 4.90. The van der Waals surface area contributed by atoms with E-state index in [4.69, 9.17) is 5.73 Å². The summed E-state index contributed by atoms with van der Waals surface area (Å²) in [4.78, 5) is 16.5. The van der Waals surface area contributed by atoms with Gasteiger partial charge < -0.3 is 11.1 Å². The first-order valence-corrected chi connectivity index (χ1v) is 8.67. The summed E-state index contributed by atoms with van der Waals surface area (Å²) in [7, 11) is 0. The minimum atomic E-state index is -0.142. The van der Waals surface area contributed by atoms with Gasteiger partial charge >= 0.3 is 0 Å². The fraction of sp³-hybridized carbons (Fsp3) is 0.200. The monoisotopic (exact) mass is 345 g/mol. The van der Waals surface area contributed by atoms with Gasteiger partial charge in [-0.3, -0.25) is 4.79 Å². The van der Waals surface area contributed by atoms with Crippen LogP contribution in [0.2, 0.25) is 0 Å². The molecule has 0 aliphatic heterocycles. The molecule has 3 aromatic rings. The normalized spacial score (nSPS) is 10.7. The molecule has 0 spiro atoms. The zero-order valence-corrected chi connectivity index (χ0v) is 14.1. The van der Waals surface area contributed by atoms with Gasteiger partial charge in [0.05, 0.1) is 12.1 Å². The summed E-state index contributed by atoms with van der Waals surface area (Å²) in [5.74, 6) is -0.142. The molecule has 0 aliphatic carbocycles. The van der Waals surface area contributed by atoms with Crippen LogP contribution in [0.3, 0.4) is 0 Å². The smallest absolute Gasteiger partial charge is 0.232 e. The summed E-state index contributed by atoms with van der Waals surface area (Å²) >= 11 is 2.87. The summed E-state index contributed by atoms with van der Waals surface area (Å²) in [6, 6.07) is 7.96. The molecule has 3 rings (SSSR count). The quantitative estimate of drug-likeness (QED) is 0.741. The third kappa shape index (κ3) is 3.98. The van der Waals surface area contributed by atoms with Crippen molar-refractivity contribution in [3.05, 3.63) is 45.9 Å². The van der Waals surface area contributed by atoms with E-state index in [0.717, 1.165) is 26.8 Å². The number of aryl methyl sites for hydroxylation is 1. The van der Waals surface area contributed by atoms with E-state index in [1.807, 2.05) is 36.6 Å². The Morgan fingerprint density at radius 3 is 2.70 bits per heavy atom. The highest BCUT2D eigenvalue weighted by atomic mass is 32.1. The van der Waals surface area contributed by atoms with Crippen LogP contribution in [0.4, 0.5) is 5.13 Å². The molecule has 0 saturated heterocycles. The van der Waals surface area contributed by atoms with E-state index in [0.29, 0.717) is 11.7 Å². The maximum Gasteiger partial charge on any atom is 0.232 e. The molecule has 6 nitrogen and oxygen atoms in total. The number of nitrogens with two attached hydrogens (primary N) is 1. The average Bonchev–Trinajstić information content (AvgIpc) is 3.16. The third-order valence-corrected chi connectivity index (χ3v) is 4.80. The van der Waals surface area contributed by atoms with E-state index in [-0.39, 0.29) is 12.3 Å². The number of hydrogen-bond donors (Lipinski definition) is 2. The van der Waals surface area contributed by atoms with Gasteiger partial charge in [-0.15, -0.1) is 21.5 Å². The van der Waals surface area contributed by atoms with Crippen LogP contribution in [0.15, 0.2) is 29.6 Å². The van der Waals surface area contributed by atoms with E-state index >= 15 is 0 Å². The van der Waals surface area contributed by atoms with E-state index in [9.17, 15) is 4.79 Å². The number of benzene rings is 1. The molecule has 8 heteroatoms. The molecule has 0 atom stereocenters. The lowest BCUT2D eigenvalue weighted by Crippen LogP contribution is -2.14. The van der Waals surface area contributed by atoms with E-state index in [2.05, 4.69) is 20.5 Å². The van der Waals surface area contributed by atoms with Gasteiger partial charge in [0.2, 0.25) is 11.0 Å². The number of nitrogens with one attached hydrogen (secondary N) is 1. The Labute approximate surface area is 141 Å². The highest BCUT2D eigenvalue weighted by Crippen LogP contribution is 2.24. The standard InChI is InChI=1S/C15H15N5OS2/c1-9-19-20-15(23-9)18-13(21)6-12-8-22-14(17-12)11-4-2-10(7-16)3-5-11/h2-5,8H,6-7,16H2,1H3,(H,18,20,21). The van der Waals surface area contributed by atoms with Crippen molar-refractivity contribution < 1.29 is 4.79 Å². The number of carbonyl (C=O) groups excluding carboxylic acids is 1. The highest BCUT2D eigenvalue weighted by Gasteiger charge is 2.11. The molecule has 0 fully saturated rings. The molecule has 0 radical (unpaired) electrons. The fourth-order valence-electron chi connectivity index (χ4n) is 1.98. The van der Waals surface area contributed by atoms with Gasteiger partial charge in [0.25, 0.3) is 0 Å². The summed E-state index contributed by atoms with van der Waals surface area (Å²) in [6.07, 6.45) is 0.218. The predicted molar refractivity (Wildman–Crippen MR) is 92.4 cm³/mol. The molecule has 2 aromatic heterocycles. The molecule has 118 valence electrons. The second-order valence-corrected chi connectivity index (χ2v) is 6.94. The molecule has 0 bridgehead atoms. The molecule has 0 saturated carbocycles. The number of amides is 1. The van der Waals surface area contributed by atoms with E-state index < -0.39 is 0 Å². The lowest BCUT2D eigenvalue weighted by molar-refractivity contribution is -0.115. The highest BCUT2D eigenvalue weighted by molar-refractivity contribution is 7.15. The molecule has 2 heterocycles. The minimum absolute atomic E-state index is 0.142. The number of hydrogen-bond acceptors (Lipinski definition) is 7. The number of carbonyl (C=O) groups is 1. The van der Waals surface area contributed by atoms with Crippen molar-refractivity contribution in [3.8, 4) is 10.6 Å². The van der Waals surface area contributed by atoms with Crippen LogP contribution in [-0.2, 0) is 17.8 Å². The second kappa shape index (κ2) is 6.95. The predicted octanol–water partition coefficient (Wildman–Crippen LogP) is 2.61. The number of nitrogens with zero attached hydrogens (tertiary/aromatic N) is 3. The van der Waals surface area contributed by atoms with Crippen molar-refractivity contribution in [2.45, 2.75) is 19.9 Å². The van der Waals surface area contributed by atoms with Gasteiger partial charge in [-0.2, -0.15) is 0 Å². The summed E-state index contributed by atoms with van der Waals surface area (Å²) in [5, 5.41) is 14.6. The van der Waals surface area contributed by atoms with Crippen molar-refractivity contribution in [1.82, 2.24) is 15.2 Å². The lowest BCUT2D eigenvalue weighted by atomic mass is 10.1.